The van der Waals surface area contributed by atoms with E-state index < -0.39 is 6.04 Å². The highest BCUT2D eigenvalue weighted by Gasteiger charge is 2.23. The lowest BCUT2D eigenvalue weighted by molar-refractivity contribution is -0.123. The van der Waals surface area contributed by atoms with E-state index in [2.05, 4.69) is 10.6 Å². The minimum atomic E-state index is -0.579. The molecule has 0 spiro atoms. The third-order valence-electron chi connectivity index (χ3n) is 3.82. The molecule has 0 bridgehead atoms. The number of benzene rings is 1. The van der Waals surface area contributed by atoms with E-state index in [0.29, 0.717) is 5.56 Å². The molecule has 1 saturated carbocycles. The van der Waals surface area contributed by atoms with Crippen molar-refractivity contribution in [3.63, 3.8) is 0 Å². The zero-order valence-corrected chi connectivity index (χ0v) is 12.2. The van der Waals surface area contributed by atoms with Crippen molar-refractivity contribution in [2.24, 2.45) is 0 Å². The number of carbonyl (C=O) groups is 2. The van der Waals surface area contributed by atoms with Crippen LogP contribution in [0.25, 0.3) is 0 Å². The Morgan fingerprint density at radius 3 is 2.38 bits per heavy atom. The largest absolute Gasteiger partial charge is 0.393 e. The van der Waals surface area contributed by atoms with E-state index in [1.54, 1.807) is 31.2 Å². The smallest absolute Gasteiger partial charge is 0.251 e. The van der Waals surface area contributed by atoms with Crippen LogP contribution in [-0.2, 0) is 4.79 Å². The van der Waals surface area contributed by atoms with Crippen LogP contribution in [0.2, 0.25) is 0 Å². The number of aliphatic hydroxyl groups excluding tert-OH is 1. The Hall–Kier alpha value is -1.88. The maximum absolute atomic E-state index is 12.1. The molecular formula is C16H22N2O3. The summed E-state index contributed by atoms with van der Waals surface area (Å²) >= 11 is 0. The number of nitrogens with one attached hydrogen (secondary N) is 2. The van der Waals surface area contributed by atoms with Gasteiger partial charge in [-0.05, 0) is 44.7 Å². The summed E-state index contributed by atoms with van der Waals surface area (Å²) < 4.78 is 0. The van der Waals surface area contributed by atoms with E-state index in [9.17, 15) is 14.7 Å². The average Bonchev–Trinajstić information content (AvgIpc) is 2.50. The molecule has 1 aliphatic rings. The van der Waals surface area contributed by atoms with Crippen LogP contribution in [0.5, 0.6) is 0 Å². The summed E-state index contributed by atoms with van der Waals surface area (Å²) in [5.41, 5.74) is 0.540. The highest BCUT2D eigenvalue weighted by atomic mass is 16.3. The maximum Gasteiger partial charge on any atom is 0.251 e. The van der Waals surface area contributed by atoms with E-state index >= 15 is 0 Å². The minimum absolute atomic E-state index is 0.0944. The van der Waals surface area contributed by atoms with Gasteiger partial charge in [0, 0.05) is 11.6 Å². The molecule has 0 saturated heterocycles. The first kappa shape index (κ1) is 15.5. The van der Waals surface area contributed by atoms with Crippen LogP contribution < -0.4 is 10.6 Å². The normalized spacial score (nSPS) is 23.1. The summed E-state index contributed by atoms with van der Waals surface area (Å²) in [6.45, 7) is 1.67. The van der Waals surface area contributed by atoms with Gasteiger partial charge in [-0.2, -0.15) is 0 Å². The Balaban J connectivity index is 1.81. The van der Waals surface area contributed by atoms with Crippen LogP contribution in [0.1, 0.15) is 43.0 Å². The van der Waals surface area contributed by atoms with Gasteiger partial charge in [-0.15, -0.1) is 0 Å². The Bertz CT molecular complexity index is 482. The van der Waals surface area contributed by atoms with E-state index in [1.165, 1.54) is 0 Å². The Labute approximate surface area is 124 Å². The van der Waals surface area contributed by atoms with Gasteiger partial charge in [0.1, 0.15) is 6.04 Å². The van der Waals surface area contributed by atoms with Crippen LogP contribution >= 0.6 is 0 Å². The van der Waals surface area contributed by atoms with Crippen molar-refractivity contribution in [1.29, 1.82) is 0 Å². The van der Waals surface area contributed by atoms with Crippen LogP contribution in [0.15, 0.2) is 30.3 Å². The van der Waals surface area contributed by atoms with Crippen molar-refractivity contribution in [2.45, 2.75) is 50.8 Å². The Morgan fingerprint density at radius 2 is 1.76 bits per heavy atom. The molecule has 5 heteroatoms. The van der Waals surface area contributed by atoms with Crippen LogP contribution in [0, 0.1) is 0 Å². The number of amides is 2. The summed E-state index contributed by atoms with van der Waals surface area (Å²) in [7, 11) is 0. The van der Waals surface area contributed by atoms with Gasteiger partial charge in [0.2, 0.25) is 5.91 Å². The standard InChI is InChI=1S/C16H22N2O3/c1-11(17-16(21)12-5-3-2-4-6-12)15(20)18-13-7-9-14(19)10-8-13/h2-6,11,13-14,19H,7-10H2,1H3,(H,17,21)(H,18,20). The van der Waals surface area contributed by atoms with E-state index in [4.69, 9.17) is 0 Å². The van der Waals surface area contributed by atoms with Gasteiger partial charge in [-0.1, -0.05) is 18.2 Å². The van der Waals surface area contributed by atoms with Gasteiger partial charge in [-0.25, -0.2) is 0 Å². The maximum atomic E-state index is 12.1. The van der Waals surface area contributed by atoms with Crippen LogP contribution in [0.3, 0.4) is 0 Å². The molecule has 1 aromatic carbocycles. The molecule has 1 atom stereocenters. The SMILES string of the molecule is CC(NC(=O)c1ccccc1)C(=O)NC1CCC(O)CC1. The van der Waals surface area contributed by atoms with Crippen molar-refractivity contribution >= 4 is 11.8 Å². The van der Waals surface area contributed by atoms with Gasteiger partial charge in [-0.3, -0.25) is 9.59 Å². The van der Waals surface area contributed by atoms with Crippen LogP contribution in [-0.4, -0.2) is 35.1 Å². The molecule has 1 aliphatic carbocycles. The first-order valence-electron chi connectivity index (χ1n) is 7.40. The zero-order chi connectivity index (χ0) is 15.2. The highest BCUT2D eigenvalue weighted by Crippen LogP contribution is 2.18. The summed E-state index contributed by atoms with van der Waals surface area (Å²) in [4.78, 5) is 24.0. The van der Waals surface area contributed by atoms with Gasteiger partial charge in [0.05, 0.1) is 6.10 Å². The van der Waals surface area contributed by atoms with Crippen molar-refractivity contribution in [3.8, 4) is 0 Å². The molecule has 21 heavy (non-hydrogen) atoms. The predicted octanol–water partition coefficient (Wildman–Crippen LogP) is 1.22. The van der Waals surface area contributed by atoms with Gasteiger partial charge < -0.3 is 15.7 Å². The fourth-order valence-corrected chi connectivity index (χ4v) is 2.48. The molecule has 1 aromatic rings. The first-order valence-corrected chi connectivity index (χ1v) is 7.40. The lowest BCUT2D eigenvalue weighted by atomic mass is 9.93. The second-order valence-electron chi connectivity index (χ2n) is 5.58. The summed E-state index contributed by atoms with van der Waals surface area (Å²) in [5.74, 6) is -0.432. The molecule has 114 valence electrons. The Morgan fingerprint density at radius 1 is 1.14 bits per heavy atom. The van der Waals surface area contributed by atoms with Crippen LogP contribution in [0.4, 0.5) is 0 Å². The minimum Gasteiger partial charge on any atom is -0.393 e. The van der Waals surface area contributed by atoms with Crippen molar-refractivity contribution in [3.05, 3.63) is 35.9 Å². The fraction of sp³-hybridized carbons (Fsp3) is 0.500. The first-order chi connectivity index (χ1) is 10.1. The number of aliphatic hydroxyl groups is 1. The summed E-state index contributed by atoms with van der Waals surface area (Å²) in [6, 6.07) is 8.34. The second-order valence-corrected chi connectivity index (χ2v) is 5.58. The number of rotatable bonds is 4. The summed E-state index contributed by atoms with van der Waals surface area (Å²) in [6.07, 6.45) is 2.76. The van der Waals surface area contributed by atoms with E-state index in [-0.39, 0.29) is 24.0 Å². The van der Waals surface area contributed by atoms with Crippen molar-refractivity contribution < 1.29 is 14.7 Å². The molecule has 0 radical (unpaired) electrons. The lowest BCUT2D eigenvalue weighted by Gasteiger charge is -2.27. The van der Waals surface area contributed by atoms with Gasteiger partial charge >= 0.3 is 0 Å². The third kappa shape index (κ3) is 4.56. The number of hydrogen-bond donors (Lipinski definition) is 3. The topological polar surface area (TPSA) is 78.4 Å². The zero-order valence-electron chi connectivity index (χ0n) is 12.2. The van der Waals surface area contributed by atoms with Gasteiger partial charge in [0.25, 0.3) is 5.91 Å². The molecule has 5 nitrogen and oxygen atoms in total. The van der Waals surface area contributed by atoms with Gasteiger partial charge in [0.15, 0.2) is 0 Å². The van der Waals surface area contributed by atoms with E-state index in [0.717, 1.165) is 25.7 Å². The molecule has 3 N–H and O–H groups in total. The number of hydrogen-bond acceptors (Lipinski definition) is 3. The van der Waals surface area contributed by atoms with E-state index in [1.807, 2.05) is 6.07 Å². The molecule has 2 rings (SSSR count). The second kappa shape index (κ2) is 7.22. The molecule has 0 aliphatic heterocycles. The fourth-order valence-electron chi connectivity index (χ4n) is 2.48. The lowest BCUT2D eigenvalue weighted by Crippen LogP contribution is -2.49. The molecular weight excluding hydrogens is 268 g/mol. The monoisotopic (exact) mass is 290 g/mol. The van der Waals surface area contributed by atoms with Crippen molar-refractivity contribution in [2.75, 3.05) is 0 Å². The molecule has 0 aromatic heterocycles. The molecule has 0 heterocycles. The molecule has 1 fully saturated rings. The predicted molar refractivity (Wildman–Crippen MR) is 79.8 cm³/mol. The molecule has 2 amide bonds. The number of carbonyl (C=O) groups excluding carboxylic acids is 2. The average molecular weight is 290 g/mol. The quantitative estimate of drug-likeness (QED) is 0.780. The molecule has 1 unspecified atom stereocenters. The highest BCUT2D eigenvalue weighted by molar-refractivity contribution is 5.97. The summed E-state index contributed by atoms with van der Waals surface area (Å²) in [5, 5.41) is 15.1. The Kier molecular flexibility index (Phi) is 5.33. The third-order valence-corrected chi connectivity index (χ3v) is 3.82. The van der Waals surface area contributed by atoms with Crippen molar-refractivity contribution in [1.82, 2.24) is 10.6 Å².